The van der Waals surface area contributed by atoms with E-state index in [1.54, 1.807) is 0 Å². The van der Waals surface area contributed by atoms with Crippen LogP contribution < -0.4 is 5.32 Å². The summed E-state index contributed by atoms with van der Waals surface area (Å²) in [6.07, 6.45) is 2.55. The van der Waals surface area contributed by atoms with Gasteiger partial charge in [0.1, 0.15) is 0 Å². The Labute approximate surface area is 127 Å². The molecule has 21 heavy (non-hydrogen) atoms. The molecule has 0 aromatic heterocycles. The smallest absolute Gasteiger partial charge is 0.227 e. The molecule has 114 valence electrons. The molecule has 1 aliphatic heterocycles. The molecule has 1 unspecified atom stereocenters. The molecule has 1 aromatic carbocycles. The minimum Gasteiger partial charge on any atom is -0.335 e. The Bertz CT molecular complexity index is 483. The van der Waals surface area contributed by atoms with Crippen molar-refractivity contribution >= 4 is 5.91 Å². The summed E-state index contributed by atoms with van der Waals surface area (Å²) in [6, 6.07) is 10.7. The van der Waals surface area contributed by atoms with Crippen molar-refractivity contribution in [1.29, 1.82) is 0 Å². The first-order valence-electron chi connectivity index (χ1n) is 8.22. The van der Waals surface area contributed by atoms with Gasteiger partial charge in [-0.05, 0) is 43.7 Å². The summed E-state index contributed by atoms with van der Waals surface area (Å²) >= 11 is 0. The molecule has 0 radical (unpaired) electrons. The second-order valence-corrected chi connectivity index (χ2v) is 6.77. The van der Waals surface area contributed by atoms with Crippen LogP contribution in [0.1, 0.15) is 32.3 Å². The summed E-state index contributed by atoms with van der Waals surface area (Å²) in [5.74, 6) is 1.65. The molecule has 0 spiro atoms. The van der Waals surface area contributed by atoms with Crippen molar-refractivity contribution in [2.75, 3.05) is 13.1 Å². The van der Waals surface area contributed by atoms with Gasteiger partial charge in [-0.2, -0.15) is 0 Å². The second-order valence-electron chi connectivity index (χ2n) is 6.77. The lowest BCUT2D eigenvalue weighted by molar-refractivity contribution is -0.139. The van der Waals surface area contributed by atoms with Crippen molar-refractivity contribution in [2.24, 2.45) is 17.8 Å². The van der Waals surface area contributed by atoms with E-state index in [9.17, 15) is 4.79 Å². The van der Waals surface area contributed by atoms with E-state index in [2.05, 4.69) is 48.3 Å². The molecule has 1 aromatic rings. The van der Waals surface area contributed by atoms with Gasteiger partial charge in [0.15, 0.2) is 0 Å². The summed E-state index contributed by atoms with van der Waals surface area (Å²) in [5.41, 5.74) is 1.23. The van der Waals surface area contributed by atoms with E-state index in [1.165, 1.54) is 18.4 Å². The SMILES string of the molecule is CC(C1CC1)N(Cc1ccccc1)C(=O)[C@@H]1CNC[C@H]1C. The van der Waals surface area contributed by atoms with Gasteiger partial charge in [0, 0.05) is 19.1 Å². The minimum atomic E-state index is 0.148. The molecule has 1 saturated carbocycles. The fraction of sp³-hybridized carbons (Fsp3) is 0.611. The Morgan fingerprint density at radius 3 is 2.57 bits per heavy atom. The molecular weight excluding hydrogens is 260 g/mol. The standard InChI is InChI=1S/C18H26N2O/c1-13-10-19-11-17(13)18(21)20(14(2)16-8-9-16)12-15-6-4-3-5-7-15/h3-7,13-14,16-17,19H,8-12H2,1-2H3/t13-,14?,17-/m1/s1. The van der Waals surface area contributed by atoms with E-state index in [-0.39, 0.29) is 5.92 Å². The quantitative estimate of drug-likeness (QED) is 0.902. The number of nitrogens with zero attached hydrogens (tertiary/aromatic N) is 1. The normalized spacial score (nSPS) is 26.6. The predicted octanol–water partition coefficient (Wildman–Crippen LogP) is 2.67. The van der Waals surface area contributed by atoms with E-state index in [0.717, 1.165) is 19.6 Å². The number of rotatable bonds is 5. The molecule has 3 atom stereocenters. The van der Waals surface area contributed by atoms with Crippen molar-refractivity contribution in [1.82, 2.24) is 10.2 Å². The summed E-state index contributed by atoms with van der Waals surface area (Å²) in [5, 5.41) is 3.36. The average molecular weight is 286 g/mol. The Morgan fingerprint density at radius 1 is 1.29 bits per heavy atom. The Balaban J connectivity index is 1.76. The maximum atomic E-state index is 13.0. The van der Waals surface area contributed by atoms with Gasteiger partial charge in [-0.3, -0.25) is 4.79 Å². The largest absolute Gasteiger partial charge is 0.335 e. The Morgan fingerprint density at radius 2 is 2.00 bits per heavy atom. The van der Waals surface area contributed by atoms with Crippen LogP contribution in [0.4, 0.5) is 0 Å². The van der Waals surface area contributed by atoms with E-state index in [1.807, 2.05) is 6.07 Å². The van der Waals surface area contributed by atoms with Crippen molar-refractivity contribution < 1.29 is 4.79 Å². The summed E-state index contributed by atoms with van der Waals surface area (Å²) in [7, 11) is 0. The van der Waals surface area contributed by atoms with Crippen molar-refractivity contribution in [3.63, 3.8) is 0 Å². The third-order valence-corrected chi connectivity index (χ3v) is 5.11. The third-order valence-electron chi connectivity index (χ3n) is 5.11. The van der Waals surface area contributed by atoms with Gasteiger partial charge in [0.2, 0.25) is 5.91 Å². The van der Waals surface area contributed by atoms with Crippen LogP contribution in [0.15, 0.2) is 30.3 Å². The fourth-order valence-electron chi connectivity index (χ4n) is 3.39. The van der Waals surface area contributed by atoms with E-state index in [0.29, 0.717) is 23.8 Å². The first-order chi connectivity index (χ1) is 10.2. The Hall–Kier alpha value is -1.35. The molecule has 0 bridgehead atoms. The zero-order valence-corrected chi connectivity index (χ0v) is 13.1. The minimum absolute atomic E-state index is 0.148. The molecule has 1 saturated heterocycles. The van der Waals surface area contributed by atoms with Crippen LogP contribution in [-0.4, -0.2) is 29.9 Å². The maximum Gasteiger partial charge on any atom is 0.227 e. The van der Waals surface area contributed by atoms with Gasteiger partial charge < -0.3 is 10.2 Å². The van der Waals surface area contributed by atoms with Crippen LogP contribution in [0.2, 0.25) is 0 Å². The number of carbonyl (C=O) groups is 1. The monoisotopic (exact) mass is 286 g/mol. The van der Waals surface area contributed by atoms with Crippen LogP contribution in [0.25, 0.3) is 0 Å². The highest BCUT2D eigenvalue weighted by atomic mass is 16.2. The lowest BCUT2D eigenvalue weighted by atomic mass is 9.95. The molecule has 2 aliphatic rings. The predicted molar refractivity (Wildman–Crippen MR) is 84.7 cm³/mol. The van der Waals surface area contributed by atoms with E-state index >= 15 is 0 Å². The van der Waals surface area contributed by atoms with Crippen molar-refractivity contribution in [2.45, 2.75) is 39.3 Å². The molecule has 3 nitrogen and oxygen atoms in total. The van der Waals surface area contributed by atoms with Gasteiger partial charge in [-0.1, -0.05) is 37.3 Å². The number of hydrogen-bond acceptors (Lipinski definition) is 2. The molecule has 1 N–H and O–H groups in total. The summed E-state index contributed by atoms with van der Waals surface area (Å²) in [4.78, 5) is 15.2. The molecular formula is C18H26N2O. The molecule has 2 fully saturated rings. The third kappa shape index (κ3) is 3.29. The lowest BCUT2D eigenvalue weighted by Gasteiger charge is -2.33. The first kappa shape index (κ1) is 14.6. The van der Waals surface area contributed by atoms with Crippen LogP contribution in [0.3, 0.4) is 0 Å². The van der Waals surface area contributed by atoms with Crippen LogP contribution in [-0.2, 0) is 11.3 Å². The van der Waals surface area contributed by atoms with Crippen molar-refractivity contribution in [3.05, 3.63) is 35.9 Å². The zero-order chi connectivity index (χ0) is 14.8. The molecule has 3 heteroatoms. The van der Waals surface area contributed by atoms with Gasteiger partial charge >= 0.3 is 0 Å². The molecule has 3 rings (SSSR count). The van der Waals surface area contributed by atoms with Gasteiger partial charge in [0.05, 0.1) is 5.92 Å². The average Bonchev–Trinajstić information content (AvgIpc) is 3.26. The number of benzene rings is 1. The number of hydrogen-bond donors (Lipinski definition) is 1. The molecule has 1 amide bonds. The van der Waals surface area contributed by atoms with Gasteiger partial charge in [-0.15, -0.1) is 0 Å². The second kappa shape index (κ2) is 6.18. The summed E-state index contributed by atoms with van der Waals surface area (Å²) in [6.45, 7) is 6.97. The Kier molecular flexibility index (Phi) is 4.29. The first-order valence-corrected chi connectivity index (χ1v) is 8.22. The number of nitrogens with one attached hydrogen (secondary N) is 1. The lowest BCUT2D eigenvalue weighted by Crippen LogP contribution is -2.44. The van der Waals surface area contributed by atoms with E-state index in [4.69, 9.17) is 0 Å². The molecule has 1 heterocycles. The number of carbonyl (C=O) groups excluding carboxylic acids is 1. The van der Waals surface area contributed by atoms with E-state index < -0.39 is 0 Å². The zero-order valence-electron chi connectivity index (χ0n) is 13.1. The number of amides is 1. The highest BCUT2D eigenvalue weighted by Crippen LogP contribution is 2.36. The van der Waals surface area contributed by atoms with Crippen LogP contribution in [0, 0.1) is 17.8 Å². The van der Waals surface area contributed by atoms with Gasteiger partial charge in [-0.25, -0.2) is 0 Å². The highest BCUT2D eigenvalue weighted by molar-refractivity contribution is 5.80. The highest BCUT2D eigenvalue weighted by Gasteiger charge is 2.39. The maximum absolute atomic E-state index is 13.0. The van der Waals surface area contributed by atoms with Gasteiger partial charge in [0.25, 0.3) is 0 Å². The van der Waals surface area contributed by atoms with Crippen LogP contribution in [0.5, 0.6) is 0 Å². The molecule has 1 aliphatic carbocycles. The summed E-state index contributed by atoms with van der Waals surface area (Å²) < 4.78 is 0. The fourth-order valence-corrected chi connectivity index (χ4v) is 3.39. The van der Waals surface area contributed by atoms with Crippen LogP contribution >= 0.6 is 0 Å². The topological polar surface area (TPSA) is 32.3 Å². The van der Waals surface area contributed by atoms with Crippen molar-refractivity contribution in [3.8, 4) is 0 Å².